The highest BCUT2D eigenvalue weighted by Crippen LogP contribution is 2.11. The van der Waals surface area contributed by atoms with Crippen LogP contribution < -0.4 is 5.32 Å². The number of nitrogens with zero attached hydrogens (tertiary/aromatic N) is 2. The van der Waals surface area contributed by atoms with Crippen molar-refractivity contribution in [1.29, 1.82) is 0 Å². The molecule has 2 heterocycles. The van der Waals surface area contributed by atoms with E-state index < -0.39 is 0 Å². The maximum Gasteiger partial charge on any atom is 0.289 e. The quantitative estimate of drug-likeness (QED) is 0.900. The van der Waals surface area contributed by atoms with Crippen LogP contribution in [0.5, 0.6) is 0 Å². The molecule has 6 heteroatoms. The number of carbonyl (C=O) groups is 2. The highest BCUT2D eigenvalue weighted by atomic mass is 16.3. The zero-order valence-electron chi connectivity index (χ0n) is 14.4. The van der Waals surface area contributed by atoms with Gasteiger partial charge in [-0.2, -0.15) is 0 Å². The molecule has 1 atom stereocenters. The summed E-state index contributed by atoms with van der Waals surface area (Å²) in [5.74, 6) is 0.280. The summed E-state index contributed by atoms with van der Waals surface area (Å²) in [5.41, 5.74) is 1.08. The largest absolute Gasteiger partial charge is 0.459 e. The summed E-state index contributed by atoms with van der Waals surface area (Å²) in [6, 6.07) is 13.0. The van der Waals surface area contributed by atoms with Gasteiger partial charge >= 0.3 is 0 Å². The van der Waals surface area contributed by atoms with Gasteiger partial charge in [0.1, 0.15) is 0 Å². The van der Waals surface area contributed by atoms with E-state index >= 15 is 0 Å². The first-order valence-corrected chi connectivity index (χ1v) is 8.53. The topological polar surface area (TPSA) is 65.8 Å². The van der Waals surface area contributed by atoms with Gasteiger partial charge in [-0.05, 0) is 24.6 Å². The van der Waals surface area contributed by atoms with Crippen LogP contribution in [0.1, 0.15) is 23.0 Å². The Morgan fingerprint density at radius 2 is 1.80 bits per heavy atom. The highest BCUT2D eigenvalue weighted by Gasteiger charge is 2.28. The van der Waals surface area contributed by atoms with Crippen LogP contribution in [-0.2, 0) is 11.3 Å². The van der Waals surface area contributed by atoms with E-state index in [9.17, 15) is 9.59 Å². The fraction of sp³-hybridized carbons (Fsp3) is 0.368. The Morgan fingerprint density at radius 3 is 2.44 bits per heavy atom. The van der Waals surface area contributed by atoms with E-state index in [1.54, 1.807) is 17.0 Å². The third-order valence-corrected chi connectivity index (χ3v) is 4.57. The summed E-state index contributed by atoms with van der Waals surface area (Å²) in [6.07, 6.45) is 1.50. The number of furan rings is 1. The maximum atomic E-state index is 12.4. The molecule has 1 unspecified atom stereocenters. The first-order chi connectivity index (χ1) is 12.1. The lowest BCUT2D eigenvalue weighted by Gasteiger charge is -2.37. The van der Waals surface area contributed by atoms with Gasteiger partial charge in [-0.3, -0.25) is 14.5 Å². The number of nitrogens with one attached hydrogen (secondary N) is 1. The first-order valence-electron chi connectivity index (χ1n) is 8.53. The minimum Gasteiger partial charge on any atom is -0.459 e. The Bertz CT molecular complexity index is 692. The van der Waals surface area contributed by atoms with E-state index in [4.69, 9.17) is 4.42 Å². The summed E-state index contributed by atoms with van der Waals surface area (Å²) in [5, 5.41) is 2.98. The number of amides is 2. The van der Waals surface area contributed by atoms with Crippen molar-refractivity contribution in [3.8, 4) is 0 Å². The summed E-state index contributed by atoms with van der Waals surface area (Å²) in [6.45, 7) is 4.97. The maximum absolute atomic E-state index is 12.4. The number of hydrogen-bond donors (Lipinski definition) is 1. The molecule has 1 fully saturated rings. The molecule has 1 aliphatic heterocycles. The Labute approximate surface area is 147 Å². The molecular weight excluding hydrogens is 318 g/mol. The molecule has 1 aromatic carbocycles. The molecule has 0 spiro atoms. The van der Waals surface area contributed by atoms with Crippen molar-refractivity contribution in [2.24, 2.45) is 0 Å². The lowest BCUT2D eigenvalue weighted by Crippen LogP contribution is -2.54. The van der Waals surface area contributed by atoms with E-state index in [0.717, 1.165) is 5.56 Å². The van der Waals surface area contributed by atoms with E-state index in [0.29, 0.717) is 38.5 Å². The molecule has 0 saturated carbocycles. The van der Waals surface area contributed by atoms with Gasteiger partial charge in [0.15, 0.2) is 5.76 Å². The average molecular weight is 341 g/mol. The average Bonchev–Trinajstić information content (AvgIpc) is 3.20. The lowest BCUT2D eigenvalue weighted by atomic mass is 10.2. The molecule has 132 valence electrons. The Hall–Kier alpha value is -2.60. The molecular formula is C19H23N3O3. The summed E-state index contributed by atoms with van der Waals surface area (Å²) < 4.78 is 5.17. The molecule has 1 aromatic heterocycles. The zero-order chi connectivity index (χ0) is 17.6. The third kappa shape index (κ3) is 4.28. The lowest BCUT2D eigenvalue weighted by molar-refractivity contribution is -0.126. The van der Waals surface area contributed by atoms with Crippen molar-refractivity contribution in [3.05, 3.63) is 60.1 Å². The smallest absolute Gasteiger partial charge is 0.289 e. The molecule has 1 aliphatic rings. The van der Waals surface area contributed by atoms with Crippen molar-refractivity contribution >= 4 is 11.8 Å². The molecule has 1 saturated heterocycles. The van der Waals surface area contributed by atoms with Crippen LogP contribution in [0.15, 0.2) is 53.1 Å². The second-order valence-electron chi connectivity index (χ2n) is 6.18. The standard InChI is InChI=1S/C19H23N3O3/c1-15(18(23)20-14-16-6-3-2-4-7-16)21-9-11-22(12-10-21)19(24)17-8-5-13-25-17/h2-8,13,15H,9-12,14H2,1H3,(H,20,23). The molecule has 0 bridgehead atoms. The van der Waals surface area contributed by atoms with Gasteiger partial charge in [0, 0.05) is 32.7 Å². The fourth-order valence-electron chi connectivity index (χ4n) is 2.97. The minimum atomic E-state index is -0.218. The second kappa shape index (κ2) is 7.98. The number of rotatable bonds is 5. The molecule has 0 aliphatic carbocycles. The predicted octanol–water partition coefficient (Wildman–Crippen LogP) is 1.74. The van der Waals surface area contributed by atoms with Crippen molar-refractivity contribution in [1.82, 2.24) is 15.1 Å². The molecule has 6 nitrogen and oxygen atoms in total. The van der Waals surface area contributed by atoms with Crippen molar-refractivity contribution in [2.75, 3.05) is 26.2 Å². The molecule has 2 amide bonds. The van der Waals surface area contributed by atoms with Crippen LogP contribution in [0, 0.1) is 0 Å². The van der Waals surface area contributed by atoms with Gasteiger partial charge in [-0.15, -0.1) is 0 Å². The Kier molecular flexibility index (Phi) is 5.50. The molecule has 1 N–H and O–H groups in total. The predicted molar refractivity (Wildman–Crippen MR) is 93.9 cm³/mol. The number of carbonyl (C=O) groups excluding carboxylic acids is 2. The monoisotopic (exact) mass is 341 g/mol. The SMILES string of the molecule is CC(C(=O)NCc1ccccc1)N1CCN(C(=O)c2ccco2)CC1. The van der Waals surface area contributed by atoms with Gasteiger partial charge in [-0.25, -0.2) is 0 Å². The van der Waals surface area contributed by atoms with Gasteiger partial charge in [0.2, 0.25) is 5.91 Å². The van der Waals surface area contributed by atoms with Crippen molar-refractivity contribution in [2.45, 2.75) is 19.5 Å². The van der Waals surface area contributed by atoms with E-state index in [2.05, 4.69) is 10.2 Å². The van der Waals surface area contributed by atoms with Gasteiger partial charge in [0.05, 0.1) is 12.3 Å². The van der Waals surface area contributed by atoms with Gasteiger partial charge in [0.25, 0.3) is 5.91 Å². The van der Waals surface area contributed by atoms with E-state index in [1.807, 2.05) is 37.3 Å². The van der Waals surface area contributed by atoms with Gasteiger partial charge < -0.3 is 14.6 Å². The molecule has 3 rings (SSSR count). The molecule has 2 aromatic rings. The van der Waals surface area contributed by atoms with Crippen molar-refractivity contribution in [3.63, 3.8) is 0 Å². The summed E-state index contributed by atoms with van der Waals surface area (Å²) in [7, 11) is 0. The van der Waals surface area contributed by atoms with E-state index in [1.165, 1.54) is 6.26 Å². The second-order valence-corrected chi connectivity index (χ2v) is 6.18. The third-order valence-electron chi connectivity index (χ3n) is 4.57. The van der Waals surface area contributed by atoms with Crippen LogP contribution in [0.3, 0.4) is 0 Å². The van der Waals surface area contributed by atoms with Crippen molar-refractivity contribution < 1.29 is 14.0 Å². The Morgan fingerprint density at radius 1 is 1.08 bits per heavy atom. The van der Waals surface area contributed by atoms with Crippen LogP contribution >= 0.6 is 0 Å². The minimum absolute atomic E-state index is 0.00895. The van der Waals surface area contributed by atoms with Crippen LogP contribution in [0.4, 0.5) is 0 Å². The molecule has 25 heavy (non-hydrogen) atoms. The van der Waals surface area contributed by atoms with Crippen LogP contribution in [-0.4, -0.2) is 53.8 Å². The van der Waals surface area contributed by atoms with Crippen LogP contribution in [0.25, 0.3) is 0 Å². The highest BCUT2D eigenvalue weighted by molar-refractivity contribution is 5.91. The first kappa shape index (κ1) is 17.2. The Balaban J connectivity index is 1.47. The zero-order valence-corrected chi connectivity index (χ0v) is 14.4. The summed E-state index contributed by atoms with van der Waals surface area (Å²) >= 11 is 0. The number of piperazine rings is 1. The fourth-order valence-corrected chi connectivity index (χ4v) is 2.97. The normalized spacial score (nSPS) is 16.4. The van der Waals surface area contributed by atoms with Crippen LogP contribution in [0.2, 0.25) is 0 Å². The van der Waals surface area contributed by atoms with E-state index in [-0.39, 0.29) is 17.9 Å². The van der Waals surface area contributed by atoms with Gasteiger partial charge in [-0.1, -0.05) is 30.3 Å². The molecule has 0 radical (unpaired) electrons. The summed E-state index contributed by atoms with van der Waals surface area (Å²) in [4.78, 5) is 28.5. The number of hydrogen-bond acceptors (Lipinski definition) is 4. The number of benzene rings is 1.